The van der Waals surface area contributed by atoms with E-state index in [-0.39, 0.29) is 18.6 Å². The molecule has 0 aromatic heterocycles. The highest BCUT2D eigenvalue weighted by Crippen LogP contribution is 2.28. The van der Waals surface area contributed by atoms with Gasteiger partial charge in [0.25, 0.3) is 0 Å². The van der Waals surface area contributed by atoms with Crippen molar-refractivity contribution in [3.8, 4) is 23.3 Å². The zero-order valence-corrected chi connectivity index (χ0v) is 24.0. The molecule has 6 heteroatoms. The summed E-state index contributed by atoms with van der Waals surface area (Å²) in [4.78, 5) is 12.8. The zero-order valence-electron chi connectivity index (χ0n) is 24.0. The fourth-order valence-electron chi connectivity index (χ4n) is 4.05. The quantitative estimate of drug-likeness (QED) is 0.310. The van der Waals surface area contributed by atoms with Crippen LogP contribution in [0.3, 0.4) is 0 Å². The molecule has 3 rings (SSSR count). The second-order valence-corrected chi connectivity index (χ2v) is 10.7. The summed E-state index contributed by atoms with van der Waals surface area (Å²) < 4.78 is 11.4. The maximum atomic E-state index is 10.8. The molecule has 40 heavy (non-hydrogen) atoms. The van der Waals surface area contributed by atoms with E-state index in [0.717, 1.165) is 27.8 Å². The topological polar surface area (TPSA) is 79.2 Å². The summed E-state index contributed by atoms with van der Waals surface area (Å²) in [6.45, 7) is 9.74. The van der Waals surface area contributed by atoms with Crippen LogP contribution in [-0.2, 0) is 10.2 Å². The Bertz CT molecular complexity index is 1360. The van der Waals surface area contributed by atoms with Crippen molar-refractivity contribution in [3.63, 3.8) is 0 Å². The number of benzene rings is 3. The first kappa shape index (κ1) is 30.5. The summed E-state index contributed by atoms with van der Waals surface area (Å²) >= 11 is 0. The molecule has 0 bridgehead atoms. The SMILES string of the molecule is Cc1cc(OCC=C(c2ccc(C#CCN(C)CCO)cc2)c2ccc(C(C)(C)C)cc2)ccc1OCC(=O)O. The predicted octanol–water partition coefficient (Wildman–Crippen LogP) is 5.54. The van der Waals surface area contributed by atoms with E-state index in [1.165, 1.54) is 5.56 Å². The molecule has 6 nitrogen and oxygen atoms in total. The first-order valence-electron chi connectivity index (χ1n) is 13.3. The highest BCUT2D eigenvalue weighted by atomic mass is 16.5. The van der Waals surface area contributed by atoms with Crippen molar-refractivity contribution in [1.29, 1.82) is 0 Å². The van der Waals surface area contributed by atoms with Crippen LogP contribution in [0.1, 0.15) is 48.6 Å². The Morgan fingerprint density at radius 3 is 2.20 bits per heavy atom. The lowest BCUT2D eigenvalue weighted by atomic mass is 9.85. The summed E-state index contributed by atoms with van der Waals surface area (Å²) in [7, 11) is 1.93. The summed E-state index contributed by atoms with van der Waals surface area (Å²) in [6, 6.07) is 22.2. The molecule has 0 aliphatic carbocycles. The van der Waals surface area contributed by atoms with Crippen LogP contribution in [0.2, 0.25) is 0 Å². The largest absolute Gasteiger partial charge is 0.489 e. The van der Waals surface area contributed by atoms with Gasteiger partial charge in [0.1, 0.15) is 18.1 Å². The molecule has 0 fully saturated rings. The van der Waals surface area contributed by atoms with E-state index in [1.54, 1.807) is 12.1 Å². The lowest BCUT2D eigenvalue weighted by Crippen LogP contribution is -2.22. The highest BCUT2D eigenvalue weighted by Gasteiger charge is 2.14. The van der Waals surface area contributed by atoms with Crippen molar-refractivity contribution >= 4 is 11.5 Å². The maximum Gasteiger partial charge on any atom is 0.341 e. The maximum absolute atomic E-state index is 10.8. The van der Waals surface area contributed by atoms with Crippen LogP contribution in [0.15, 0.2) is 72.8 Å². The van der Waals surface area contributed by atoms with Crippen LogP contribution in [0.4, 0.5) is 0 Å². The second-order valence-electron chi connectivity index (χ2n) is 10.7. The number of carbonyl (C=O) groups is 1. The molecule has 0 spiro atoms. The molecular weight excluding hydrogens is 502 g/mol. The number of aliphatic hydroxyl groups is 1. The third-order valence-electron chi connectivity index (χ3n) is 6.36. The van der Waals surface area contributed by atoms with Gasteiger partial charge in [-0.05, 0) is 83.6 Å². The third-order valence-corrected chi connectivity index (χ3v) is 6.36. The smallest absolute Gasteiger partial charge is 0.341 e. The zero-order chi connectivity index (χ0) is 29.1. The monoisotopic (exact) mass is 541 g/mol. The van der Waals surface area contributed by atoms with Gasteiger partial charge in [-0.25, -0.2) is 4.79 Å². The summed E-state index contributed by atoms with van der Waals surface area (Å²) in [5.74, 6) is 6.53. The number of carboxylic acid groups (broad SMARTS) is 1. The van der Waals surface area contributed by atoms with Crippen LogP contribution in [0, 0.1) is 18.8 Å². The van der Waals surface area contributed by atoms with E-state index in [0.29, 0.717) is 31.2 Å². The van der Waals surface area contributed by atoms with Crippen molar-refractivity contribution in [1.82, 2.24) is 4.90 Å². The molecule has 210 valence electrons. The lowest BCUT2D eigenvalue weighted by Gasteiger charge is -2.19. The van der Waals surface area contributed by atoms with Crippen molar-refractivity contribution in [3.05, 3.63) is 101 Å². The molecule has 0 saturated carbocycles. The Hall–Kier alpha value is -4.05. The molecular formula is C34H39NO5. The Labute approximate surface area is 237 Å². The Kier molecular flexibility index (Phi) is 11.0. The molecule has 0 aliphatic rings. The molecule has 0 amide bonds. The van der Waals surface area contributed by atoms with E-state index in [4.69, 9.17) is 19.7 Å². The minimum absolute atomic E-state index is 0.0648. The van der Waals surface area contributed by atoms with Crippen LogP contribution in [0.5, 0.6) is 11.5 Å². The molecule has 3 aromatic carbocycles. The highest BCUT2D eigenvalue weighted by molar-refractivity contribution is 5.80. The van der Waals surface area contributed by atoms with Gasteiger partial charge < -0.3 is 19.7 Å². The Morgan fingerprint density at radius 1 is 0.975 bits per heavy atom. The Morgan fingerprint density at radius 2 is 1.62 bits per heavy atom. The first-order valence-corrected chi connectivity index (χ1v) is 13.3. The van der Waals surface area contributed by atoms with Gasteiger partial charge in [-0.15, -0.1) is 0 Å². The molecule has 0 unspecified atom stereocenters. The Balaban J connectivity index is 1.82. The lowest BCUT2D eigenvalue weighted by molar-refractivity contribution is -0.139. The van der Waals surface area contributed by atoms with Gasteiger partial charge in [0.15, 0.2) is 6.61 Å². The van der Waals surface area contributed by atoms with Crippen molar-refractivity contribution in [2.45, 2.75) is 33.1 Å². The molecule has 0 heterocycles. The van der Waals surface area contributed by atoms with Crippen LogP contribution in [-0.4, -0.2) is 61.0 Å². The second kappa shape index (κ2) is 14.4. The average molecular weight is 542 g/mol. The van der Waals surface area contributed by atoms with Crippen molar-refractivity contribution in [2.24, 2.45) is 0 Å². The number of aryl methyl sites for hydroxylation is 1. The van der Waals surface area contributed by atoms with E-state index in [2.05, 4.69) is 75.1 Å². The molecule has 3 aromatic rings. The van der Waals surface area contributed by atoms with Crippen molar-refractivity contribution < 1.29 is 24.5 Å². The normalized spacial score (nSPS) is 11.6. The molecule has 0 aliphatic heterocycles. The number of rotatable bonds is 11. The van der Waals surface area contributed by atoms with Crippen LogP contribution < -0.4 is 9.47 Å². The third kappa shape index (κ3) is 9.30. The summed E-state index contributed by atoms with van der Waals surface area (Å²) in [6.07, 6.45) is 2.07. The number of hydrogen-bond donors (Lipinski definition) is 2. The number of aliphatic hydroxyl groups excluding tert-OH is 1. The minimum Gasteiger partial charge on any atom is -0.489 e. The van der Waals surface area contributed by atoms with Gasteiger partial charge >= 0.3 is 5.97 Å². The van der Waals surface area contributed by atoms with Crippen LogP contribution >= 0.6 is 0 Å². The average Bonchev–Trinajstić information content (AvgIpc) is 2.91. The van der Waals surface area contributed by atoms with Crippen molar-refractivity contribution in [2.75, 3.05) is 40.0 Å². The van der Waals surface area contributed by atoms with Gasteiger partial charge in [-0.3, -0.25) is 4.90 Å². The van der Waals surface area contributed by atoms with Gasteiger partial charge in [0.05, 0.1) is 13.2 Å². The van der Waals surface area contributed by atoms with E-state index in [9.17, 15) is 4.79 Å². The van der Waals surface area contributed by atoms with Gasteiger partial charge in [-0.1, -0.05) is 69.0 Å². The number of likely N-dealkylation sites (N-methyl/N-ethyl adjacent to an activating group) is 1. The number of nitrogens with zero attached hydrogens (tertiary/aromatic N) is 1. The van der Waals surface area contributed by atoms with E-state index in [1.807, 2.05) is 37.1 Å². The van der Waals surface area contributed by atoms with Crippen LogP contribution in [0.25, 0.3) is 5.57 Å². The standard InChI is InChI=1S/C34H39NO5/c1-25-23-30(16-17-32(25)40-24-33(37)38)39-22-18-31(28-12-14-29(15-13-28)34(2,3)4)27-10-8-26(9-11-27)7-6-19-35(5)20-21-36/h8-18,23,36H,19-22,24H2,1-5H3,(H,37,38). The van der Waals surface area contributed by atoms with E-state index < -0.39 is 5.97 Å². The minimum atomic E-state index is -1.02. The fraction of sp³-hybridized carbons (Fsp3) is 0.324. The van der Waals surface area contributed by atoms with E-state index >= 15 is 0 Å². The fourth-order valence-corrected chi connectivity index (χ4v) is 4.05. The summed E-state index contributed by atoms with van der Waals surface area (Å²) in [5.41, 5.74) is 6.28. The molecule has 0 saturated heterocycles. The van der Waals surface area contributed by atoms with Gasteiger partial charge in [0, 0.05) is 12.1 Å². The first-order chi connectivity index (χ1) is 19.1. The predicted molar refractivity (Wildman–Crippen MR) is 160 cm³/mol. The van der Waals surface area contributed by atoms with Gasteiger partial charge in [-0.2, -0.15) is 0 Å². The molecule has 0 atom stereocenters. The number of carboxylic acids is 1. The number of ether oxygens (including phenoxy) is 2. The molecule has 0 radical (unpaired) electrons. The summed E-state index contributed by atoms with van der Waals surface area (Å²) in [5, 5.41) is 17.9. The number of aliphatic carboxylic acids is 1. The van der Waals surface area contributed by atoms with Gasteiger partial charge in [0.2, 0.25) is 0 Å². The molecule has 2 N–H and O–H groups in total. The number of hydrogen-bond acceptors (Lipinski definition) is 5.